The van der Waals surface area contributed by atoms with E-state index in [-0.39, 0.29) is 24.4 Å². The maximum absolute atomic E-state index is 12.8. The predicted octanol–water partition coefficient (Wildman–Crippen LogP) is 4.52. The minimum absolute atomic E-state index is 0.166. The smallest absolute Gasteiger partial charge is 0.251 e. The first-order valence-electron chi connectivity index (χ1n) is 12.6. The van der Waals surface area contributed by atoms with Crippen LogP contribution >= 0.6 is 11.6 Å². The minimum atomic E-state index is -1.64. The van der Waals surface area contributed by atoms with E-state index in [4.69, 9.17) is 16.9 Å². The van der Waals surface area contributed by atoms with Crippen LogP contribution in [0.1, 0.15) is 33.6 Å². The Morgan fingerprint density at radius 3 is 2.50 bits per heavy atom. The number of aliphatic hydroxyl groups is 1. The molecule has 0 fully saturated rings. The van der Waals surface area contributed by atoms with Crippen LogP contribution in [0.4, 0.5) is 0 Å². The Kier molecular flexibility index (Phi) is 7.26. The number of amides is 1. The molecule has 0 aliphatic heterocycles. The summed E-state index contributed by atoms with van der Waals surface area (Å²) in [6.45, 7) is 0.255. The van der Waals surface area contributed by atoms with Gasteiger partial charge in [0.05, 0.1) is 36.2 Å². The topological polar surface area (TPSA) is 113 Å². The van der Waals surface area contributed by atoms with E-state index in [1.165, 1.54) is 0 Å². The van der Waals surface area contributed by atoms with Crippen LogP contribution in [0, 0.1) is 11.3 Å². The predicted molar refractivity (Wildman–Crippen MR) is 154 cm³/mol. The van der Waals surface area contributed by atoms with E-state index in [9.17, 15) is 14.7 Å². The zero-order valence-corrected chi connectivity index (χ0v) is 22.7. The van der Waals surface area contributed by atoms with E-state index in [1.807, 2.05) is 30.3 Å². The van der Waals surface area contributed by atoms with Crippen molar-refractivity contribution in [1.82, 2.24) is 19.4 Å². The van der Waals surface area contributed by atoms with Gasteiger partial charge in [0.1, 0.15) is 0 Å². The summed E-state index contributed by atoms with van der Waals surface area (Å²) < 4.78 is 3.31. The van der Waals surface area contributed by atoms with E-state index >= 15 is 0 Å². The molecule has 2 N–H and O–H groups in total. The molecule has 5 aromatic rings. The van der Waals surface area contributed by atoms with Crippen LogP contribution < -0.4 is 10.9 Å². The number of pyridine rings is 1. The van der Waals surface area contributed by atoms with Crippen LogP contribution in [-0.2, 0) is 19.7 Å². The molecule has 9 heteroatoms. The van der Waals surface area contributed by atoms with Gasteiger partial charge in [-0.15, -0.1) is 0 Å². The first-order valence-corrected chi connectivity index (χ1v) is 13.0. The second-order valence-corrected chi connectivity index (χ2v) is 9.98. The number of halogens is 1. The number of fused-ring (bicyclic) bond motifs is 1. The van der Waals surface area contributed by atoms with Crippen LogP contribution in [0.2, 0.25) is 5.02 Å². The van der Waals surface area contributed by atoms with Gasteiger partial charge in [0.25, 0.3) is 11.5 Å². The van der Waals surface area contributed by atoms with Crippen molar-refractivity contribution >= 4 is 28.4 Å². The van der Waals surface area contributed by atoms with Gasteiger partial charge in [-0.2, -0.15) is 5.26 Å². The van der Waals surface area contributed by atoms with Crippen molar-refractivity contribution in [3.63, 3.8) is 0 Å². The number of benzene rings is 3. The molecule has 1 unspecified atom stereocenters. The molecule has 3 aromatic carbocycles. The molecular formula is C31H26ClN5O3. The van der Waals surface area contributed by atoms with Gasteiger partial charge in [0.15, 0.2) is 5.60 Å². The van der Waals surface area contributed by atoms with Crippen molar-refractivity contribution < 1.29 is 9.90 Å². The summed E-state index contributed by atoms with van der Waals surface area (Å²) in [5, 5.41) is 25.2. The number of hydrogen-bond acceptors (Lipinski definition) is 5. The molecule has 0 aliphatic carbocycles. The van der Waals surface area contributed by atoms with Gasteiger partial charge in [0.2, 0.25) is 0 Å². The number of carbonyl (C=O) groups excluding carboxylic acids is 1. The largest absolute Gasteiger partial charge is 0.374 e. The molecule has 0 bridgehead atoms. The molecule has 1 atom stereocenters. The van der Waals surface area contributed by atoms with Gasteiger partial charge in [-0.25, -0.2) is 4.98 Å². The van der Waals surface area contributed by atoms with Crippen LogP contribution in [-0.4, -0.2) is 31.7 Å². The SMILES string of the molecule is Cn1cncc1C(O)(c1ccc(C(=O)NCCC#N)cc1)c1ccc2c(c1)c(-c1cccc(Cl)c1)cc(=O)n2C. The Hall–Kier alpha value is -4.71. The fourth-order valence-electron chi connectivity index (χ4n) is 4.95. The zero-order valence-electron chi connectivity index (χ0n) is 21.9. The summed E-state index contributed by atoms with van der Waals surface area (Å²) in [7, 11) is 3.51. The summed E-state index contributed by atoms with van der Waals surface area (Å²) in [5.74, 6) is -0.302. The molecule has 2 heterocycles. The van der Waals surface area contributed by atoms with Gasteiger partial charge in [0, 0.05) is 42.7 Å². The second kappa shape index (κ2) is 10.8. The number of rotatable bonds is 7. The van der Waals surface area contributed by atoms with E-state index in [0.717, 1.165) is 10.9 Å². The summed E-state index contributed by atoms with van der Waals surface area (Å²) in [6.07, 6.45) is 3.43. The monoisotopic (exact) mass is 551 g/mol. The lowest BCUT2D eigenvalue weighted by molar-refractivity contribution is 0.0953. The van der Waals surface area contributed by atoms with Crippen molar-refractivity contribution in [3.05, 3.63) is 123 Å². The Bertz CT molecular complexity index is 1840. The number of nitrogens with zero attached hydrogens (tertiary/aromatic N) is 4. The quantitative estimate of drug-likeness (QED) is 0.289. The fraction of sp³-hybridized carbons (Fsp3) is 0.161. The highest BCUT2D eigenvalue weighted by atomic mass is 35.5. The molecule has 1 amide bonds. The summed E-state index contributed by atoms with van der Waals surface area (Å²) in [5.41, 5.74) is 2.37. The Morgan fingerprint density at radius 1 is 1.07 bits per heavy atom. The number of imidazole rings is 1. The summed E-state index contributed by atoms with van der Waals surface area (Å²) in [4.78, 5) is 29.6. The van der Waals surface area contributed by atoms with Crippen molar-refractivity contribution in [2.75, 3.05) is 6.54 Å². The van der Waals surface area contributed by atoms with Crippen molar-refractivity contribution in [1.29, 1.82) is 5.26 Å². The maximum Gasteiger partial charge on any atom is 0.251 e. The summed E-state index contributed by atoms with van der Waals surface area (Å²) in [6, 6.07) is 23.0. The molecule has 2 aromatic heterocycles. The lowest BCUT2D eigenvalue weighted by Crippen LogP contribution is -2.31. The lowest BCUT2D eigenvalue weighted by atomic mass is 9.82. The Balaban J connectivity index is 1.69. The highest BCUT2D eigenvalue weighted by molar-refractivity contribution is 6.30. The Labute approximate surface area is 235 Å². The highest BCUT2D eigenvalue weighted by Gasteiger charge is 2.37. The number of aryl methyl sites for hydroxylation is 2. The second-order valence-electron chi connectivity index (χ2n) is 9.54. The van der Waals surface area contributed by atoms with Crippen molar-refractivity contribution in [2.45, 2.75) is 12.0 Å². The number of carbonyl (C=O) groups is 1. The van der Waals surface area contributed by atoms with Gasteiger partial charge < -0.3 is 19.6 Å². The highest BCUT2D eigenvalue weighted by Crippen LogP contribution is 2.39. The first kappa shape index (κ1) is 26.9. The molecule has 5 rings (SSSR count). The molecule has 200 valence electrons. The molecule has 0 saturated carbocycles. The molecule has 0 spiro atoms. The van der Waals surface area contributed by atoms with Crippen LogP contribution in [0.15, 0.2) is 90.1 Å². The number of nitrogens with one attached hydrogen (secondary N) is 1. The van der Waals surface area contributed by atoms with E-state index in [2.05, 4.69) is 10.3 Å². The maximum atomic E-state index is 12.8. The van der Waals surface area contributed by atoms with Crippen LogP contribution in [0.25, 0.3) is 22.0 Å². The fourth-order valence-corrected chi connectivity index (χ4v) is 5.14. The van der Waals surface area contributed by atoms with Gasteiger partial charge in [-0.05, 0) is 58.7 Å². The lowest BCUT2D eigenvalue weighted by Gasteiger charge is -2.30. The van der Waals surface area contributed by atoms with E-state index in [1.54, 1.807) is 84.3 Å². The van der Waals surface area contributed by atoms with E-state index in [0.29, 0.717) is 38.5 Å². The van der Waals surface area contributed by atoms with Crippen molar-refractivity contribution in [3.8, 4) is 17.2 Å². The van der Waals surface area contributed by atoms with Crippen LogP contribution in [0.3, 0.4) is 0 Å². The normalized spacial score (nSPS) is 12.6. The van der Waals surface area contributed by atoms with Gasteiger partial charge >= 0.3 is 0 Å². The number of hydrogen-bond donors (Lipinski definition) is 2. The Morgan fingerprint density at radius 2 is 1.82 bits per heavy atom. The summed E-state index contributed by atoms with van der Waals surface area (Å²) >= 11 is 6.28. The standard InChI is InChI=1S/C31H26ClN5O3/c1-36-19-34-18-28(36)31(40,22-9-7-20(8-10-22)30(39)35-14-4-13-33)23-11-12-27-26(16-23)25(17-29(38)37(27)2)21-5-3-6-24(32)15-21/h3,5-12,15-19,40H,4,14H2,1-2H3,(H,35,39). The molecule has 0 saturated heterocycles. The third-order valence-corrected chi connectivity index (χ3v) is 7.31. The van der Waals surface area contributed by atoms with Gasteiger partial charge in [-0.1, -0.05) is 41.9 Å². The third-order valence-electron chi connectivity index (χ3n) is 7.07. The van der Waals surface area contributed by atoms with Gasteiger partial charge in [-0.3, -0.25) is 9.59 Å². The molecule has 0 aliphatic rings. The minimum Gasteiger partial charge on any atom is -0.374 e. The van der Waals surface area contributed by atoms with Crippen LogP contribution in [0.5, 0.6) is 0 Å². The number of nitriles is 1. The average Bonchev–Trinajstić information content (AvgIpc) is 3.40. The molecular weight excluding hydrogens is 526 g/mol. The third kappa shape index (κ3) is 4.77. The zero-order chi connectivity index (χ0) is 28.4. The van der Waals surface area contributed by atoms with Crippen molar-refractivity contribution in [2.24, 2.45) is 14.1 Å². The first-order chi connectivity index (χ1) is 19.2. The van der Waals surface area contributed by atoms with E-state index < -0.39 is 5.60 Å². The average molecular weight is 552 g/mol. The molecule has 40 heavy (non-hydrogen) atoms. The molecule has 0 radical (unpaired) electrons. The molecule has 8 nitrogen and oxygen atoms in total. The number of aromatic nitrogens is 3.